The maximum Gasteiger partial charge on any atom is 0.127 e. The molecule has 23 heavy (non-hydrogen) atoms. The molecule has 2 aromatic carbocycles. The highest BCUT2D eigenvalue weighted by atomic mass is 16.5. The van der Waals surface area contributed by atoms with E-state index in [0.29, 0.717) is 6.61 Å². The van der Waals surface area contributed by atoms with Gasteiger partial charge in [0.15, 0.2) is 0 Å². The first-order chi connectivity index (χ1) is 11.3. The van der Waals surface area contributed by atoms with Crippen LogP contribution in [0.1, 0.15) is 36.2 Å². The van der Waals surface area contributed by atoms with Gasteiger partial charge in [-0.25, -0.2) is 0 Å². The van der Waals surface area contributed by atoms with Gasteiger partial charge in [-0.2, -0.15) is 0 Å². The van der Waals surface area contributed by atoms with Crippen molar-refractivity contribution in [3.63, 3.8) is 0 Å². The van der Waals surface area contributed by atoms with E-state index in [4.69, 9.17) is 10.5 Å². The standard InChI is InChI=1S/C20H22N2O/c1-2-20(18(21)14-8-4-3-5-9-14)19-16(12-13-23-20)15-10-6-7-11-17(15)22-19/h3-11,18,22H,2,12-13,21H2,1H3. The molecule has 1 aliphatic heterocycles. The Morgan fingerprint density at radius 3 is 2.65 bits per heavy atom. The summed E-state index contributed by atoms with van der Waals surface area (Å²) in [6.07, 6.45) is 1.77. The number of ether oxygens (including phenoxy) is 1. The minimum atomic E-state index is -0.492. The van der Waals surface area contributed by atoms with Crippen LogP contribution in [-0.2, 0) is 16.8 Å². The summed E-state index contributed by atoms with van der Waals surface area (Å²) < 4.78 is 6.33. The molecule has 3 N–H and O–H groups in total. The van der Waals surface area contributed by atoms with Crippen molar-refractivity contribution in [2.24, 2.45) is 5.73 Å². The molecule has 4 rings (SSSR count). The molecule has 0 fully saturated rings. The van der Waals surface area contributed by atoms with Crippen molar-refractivity contribution in [1.82, 2.24) is 4.98 Å². The van der Waals surface area contributed by atoms with Crippen LogP contribution in [-0.4, -0.2) is 11.6 Å². The number of nitrogens with one attached hydrogen (secondary N) is 1. The molecule has 1 aliphatic rings. The Morgan fingerprint density at radius 2 is 1.87 bits per heavy atom. The van der Waals surface area contributed by atoms with Gasteiger partial charge in [-0.15, -0.1) is 0 Å². The number of benzene rings is 2. The zero-order chi connectivity index (χ0) is 15.9. The second-order valence-electron chi connectivity index (χ2n) is 6.25. The van der Waals surface area contributed by atoms with Crippen molar-refractivity contribution < 1.29 is 4.74 Å². The van der Waals surface area contributed by atoms with Gasteiger partial charge < -0.3 is 15.5 Å². The Labute approximate surface area is 136 Å². The summed E-state index contributed by atoms with van der Waals surface area (Å²) in [6.45, 7) is 2.87. The summed E-state index contributed by atoms with van der Waals surface area (Å²) in [5, 5.41) is 1.30. The fraction of sp³-hybridized carbons (Fsp3) is 0.300. The van der Waals surface area contributed by atoms with Crippen molar-refractivity contribution in [1.29, 1.82) is 0 Å². The molecule has 0 saturated carbocycles. The molecule has 118 valence electrons. The van der Waals surface area contributed by atoms with E-state index < -0.39 is 5.60 Å². The van der Waals surface area contributed by atoms with E-state index in [1.165, 1.54) is 16.5 Å². The highest BCUT2D eigenvalue weighted by Crippen LogP contribution is 2.45. The lowest BCUT2D eigenvalue weighted by Crippen LogP contribution is -2.44. The van der Waals surface area contributed by atoms with E-state index in [0.717, 1.165) is 24.1 Å². The van der Waals surface area contributed by atoms with Crippen LogP contribution >= 0.6 is 0 Å². The lowest BCUT2D eigenvalue weighted by atomic mass is 9.80. The first-order valence-corrected chi connectivity index (χ1v) is 8.31. The molecular weight excluding hydrogens is 284 g/mol. The van der Waals surface area contributed by atoms with E-state index in [-0.39, 0.29) is 6.04 Å². The van der Waals surface area contributed by atoms with Gasteiger partial charge >= 0.3 is 0 Å². The number of nitrogens with two attached hydrogens (primary N) is 1. The average molecular weight is 306 g/mol. The Hall–Kier alpha value is -2.10. The lowest BCUT2D eigenvalue weighted by molar-refractivity contribution is -0.0851. The van der Waals surface area contributed by atoms with Gasteiger partial charge in [0.25, 0.3) is 0 Å². The van der Waals surface area contributed by atoms with Gasteiger partial charge in [-0.1, -0.05) is 55.5 Å². The van der Waals surface area contributed by atoms with Crippen molar-refractivity contribution in [2.45, 2.75) is 31.4 Å². The second-order valence-corrected chi connectivity index (χ2v) is 6.25. The predicted molar refractivity (Wildman–Crippen MR) is 93.3 cm³/mol. The molecule has 2 unspecified atom stereocenters. The fourth-order valence-electron chi connectivity index (χ4n) is 3.90. The third kappa shape index (κ3) is 2.12. The van der Waals surface area contributed by atoms with Crippen molar-refractivity contribution in [3.8, 4) is 0 Å². The van der Waals surface area contributed by atoms with Crippen LogP contribution in [0.2, 0.25) is 0 Å². The molecule has 0 bridgehead atoms. The van der Waals surface area contributed by atoms with Crippen LogP contribution in [0.5, 0.6) is 0 Å². The minimum Gasteiger partial charge on any atom is -0.366 e. The quantitative estimate of drug-likeness (QED) is 0.767. The summed E-state index contributed by atoms with van der Waals surface area (Å²) in [4.78, 5) is 3.60. The fourth-order valence-corrected chi connectivity index (χ4v) is 3.90. The lowest BCUT2D eigenvalue weighted by Gasteiger charge is -2.41. The number of H-pyrrole nitrogens is 1. The van der Waals surface area contributed by atoms with Crippen molar-refractivity contribution in [2.75, 3.05) is 6.61 Å². The number of hydrogen-bond acceptors (Lipinski definition) is 2. The maximum absolute atomic E-state index is 6.71. The van der Waals surface area contributed by atoms with Gasteiger partial charge in [0.1, 0.15) is 5.60 Å². The van der Waals surface area contributed by atoms with Gasteiger partial charge in [0, 0.05) is 10.9 Å². The van der Waals surface area contributed by atoms with Gasteiger partial charge in [-0.05, 0) is 30.0 Å². The first kappa shape index (κ1) is 14.5. The molecule has 0 saturated heterocycles. The summed E-state index contributed by atoms with van der Waals surface area (Å²) >= 11 is 0. The molecule has 1 aromatic heterocycles. The number of fused-ring (bicyclic) bond motifs is 3. The minimum absolute atomic E-state index is 0.194. The Kier molecular flexibility index (Phi) is 3.47. The van der Waals surface area contributed by atoms with E-state index >= 15 is 0 Å². The van der Waals surface area contributed by atoms with Gasteiger partial charge in [-0.3, -0.25) is 0 Å². The molecule has 3 heteroatoms. The van der Waals surface area contributed by atoms with Crippen LogP contribution in [0.4, 0.5) is 0 Å². The number of aromatic nitrogens is 1. The molecule has 0 radical (unpaired) electrons. The first-order valence-electron chi connectivity index (χ1n) is 8.31. The number of aromatic amines is 1. The maximum atomic E-state index is 6.71. The summed E-state index contributed by atoms with van der Waals surface area (Å²) in [6, 6.07) is 18.5. The predicted octanol–water partition coefficient (Wildman–Crippen LogP) is 4.05. The topological polar surface area (TPSA) is 51.0 Å². The highest BCUT2D eigenvalue weighted by molar-refractivity contribution is 5.85. The van der Waals surface area contributed by atoms with E-state index in [2.05, 4.69) is 48.3 Å². The van der Waals surface area contributed by atoms with Crippen LogP contribution in [0.25, 0.3) is 10.9 Å². The van der Waals surface area contributed by atoms with E-state index in [1.54, 1.807) is 0 Å². The molecule has 3 nitrogen and oxygen atoms in total. The Morgan fingerprint density at radius 1 is 1.13 bits per heavy atom. The molecule has 2 atom stereocenters. The van der Waals surface area contributed by atoms with E-state index in [1.807, 2.05) is 18.2 Å². The number of hydrogen-bond donors (Lipinski definition) is 2. The number of rotatable bonds is 3. The molecule has 0 spiro atoms. The molecular formula is C20H22N2O. The van der Waals surface area contributed by atoms with Crippen LogP contribution in [0, 0.1) is 0 Å². The molecule has 2 heterocycles. The monoisotopic (exact) mass is 306 g/mol. The smallest absolute Gasteiger partial charge is 0.127 e. The van der Waals surface area contributed by atoms with Crippen LogP contribution < -0.4 is 5.73 Å². The third-order valence-electron chi connectivity index (χ3n) is 5.13. The zero-order valence-corrected chi connectivity index (χ0v) is 13.4. The van der Waals surface area contributed by atoms with Crippen LogP contribution in [0.15, 0.2) is 54.6 Å². The van der Waals surface area contributed by atoms with E-state index in [9.17, 15) is 0 Å². The summed E-state index contributed by atoms with van der Waals surface area (Å²) in [5.41, 5.74) is 11.0. The molecule has 0 amide bonds. The zero-order valence-electron chi connectivity index (χ0n) is 13.4. The molecule has 3 aromatic rings. The van der Waals surface area contributed by atoms with Crippen LogP contribution in [0.3, 0.4) is 0 Å². The van der Waals surface area contributed by atoms with Gasteiger partial charge in [0.2, 0.25) is 0 Å². The SMILES string of the molecule is CCC1(C(N)c2ccccc2)OCCc2c1[nH]c1ccccc21. The Balaban J connectivity index is 1.91. The Bertz CT molecular complexity index is 824. The summed E-state index contributed by atoms with van der Waals surface area (Å²) in [5.74, 6) is 0. The largest absolute Gasteiger partial charge is 0.366 e. The third-order valence-corrected chi connectivity index (χ3v) is 5.13. The van der Waals surface area contributed by atoms with Crippen molar-refractivity contribution in [3.05, 3.63) is 71.4 Å². The molecule has 0 aliphatic carbocycles. The second kappa shape index (κ2) is 5.52. The summed E-state index contributed by atoms with van der Waals surface area (Å²) in [7, 11) is 0. The number of para-hydroxylation sites is 1. The van der Waals surface area contributed by atoms with Crippen molar-refractivity contribution >= 4 is 10.9 Å². The van der Waals surface area contributed by atoms with Gasteiger partial charge in [0.05, 0.1) is 18.3 Å². The average Bonchev–Trinajstić information content (AvgIpc) is 3.01. The highest BCUT2D eigenvalue weighted by Gasteiger charge is 2.44. The normalized spacial score (nSPS) is 22.0.